The summed E-state index contributed by atoms with van der Waals surface area (Å²) < 4.78 is 0. The van der Waals surface area contributed by atoms with Crippen molar-refractivity contribution in [2.24, 2.45) is 0 Å². The van der Waals surface area contributed by atoms with E-state index in [-0.39, 0.29) is 5.91 Å². The molecule has 1 aliphatic heterocycles. The van der Waals surface area contributed by atoms with Crippen LogP contribution in [0.15, 0.2) is 48.7 Å². The van der Waals surface area contributed by atoms with Crippen molar-refractivity contribution in [3.8, 4) is 0 Å². The van der Waals surface area contributed by atoms with Gasteiger partial charge in [-0.15, -0.1) is 0 Å². The van der Waals surface area contributed by atoms with Gasteiger partial charge in [0.25, 0.3) is 5.91 Å². The van der Waals surface area contributed by atoms with Gasteiger partial charge >= 0.3 is 0 Å². The highest BCUT2D eigenvalue weighted by Crippen LogP contribution is 2.24. The zero-order valence-corrected chi connectivity index (χ0v) is 14.3. The van der Waals surface area contributed by atoms with E-state index in [2.05, 4.69) is 28.9 Å². The third kappa shape index (κ3) is 3.75. The first-order valence-corrected chi connectivity index (χ1v) is 8.87. The molecule has 4 nitrogen and oxygen atoms in total. The molecule has 2 heterocycles. The number of likely N-dealkylation sites (tertiary alicyclic amines) is 1. The van der Waals surface area contributed by atoms with E-state index in [4.69, 9.17) is 0 Å². The first kappa shape index (κ1) is 16.5. The van der Waals surface area contributed by atoms with Crippen LogP contribution in [0.1, 0.15) is 43.1 Å². The number of anilines is 2. The number of rotatable bonds is 4. The number of carbonyl (C=O) groups is 1. The number of hydrogen-bond donors (Lipinski definition) is 0. The number of para-hydroxylation sites is 1. The van der Waals surface area contributed by atoms with Crippen LogP contribution in [-0.4, -0.2) is 35.4 Å². The molecule has 0 bridgehead atoms. The van der Waals surface area contributed by atoms with Gasteiger partial charge in [-0.2, -0.15) is 0 Å². The van der Waals surface area contributed by atoms with E-state index in [0.29, 0.717) is 5.69 Å². The minimum atomic E-state index is 0.0613. The Kier molecular flexibility index (Phi) is 5.47. The normalized spacial score (nSPS) is 15.0. The Morgan fingerprint density at radius 3 is 2.29 bits per heavy atom. The highest BCUT2D eigenvalue weighted by atomic mass is 16.2. The predicted molar refractivity (Wildman–Crippen MR) is 97.7 cm³/mol. The van der Waals surface area contributed by atoms with Crippen LogP contribution in [-0.2, 0) is 0 Å². The smallest absolute Gasteiger partial charge is 0.272 e. The maximum Gasteiger partial charge on any atom is 0.272 e. The van der Waals surface area contributed by atoms with Crippen molar-refractivity contribution >= 4 is 17.3 Å². The van der Waals surface area contributed by atoms with Gasteiger partial charge < -0.3 is 9.80 Å². The van der Waals surface area contributed by atoms with Crippen molar-refractivity contribution in [3.63, 3.8) is 0 Å². The molecule has 0 spiro atoms. The fourth-order valence-corrected chi connectivity index (χ4v) is 3.23. The predicted octanol–water partition coefficient (Wildman–Crippen LogP) is 4.26. The standard InChI is InChI=1S/C20H25N3O/c1-2-23(17-10-6-5-7-11-17)18-12-13-19(21-16-18)20(24)22-14-8-3-4-9-15-22/h5-7,10-13,16H,2-4,8-9,14-15H2,1H3. The molecule has 1 amide bonds. The van der Waals surface area contributed by atoms with Gasteiger partial charge in [0.1, 0.15) is 5.69 Å². The lowest BCUT2D eigenvalue weighted by molar-refractivity contribution is 0.0756. The van der Waals surface area contributed by atoms with Crippen molar-refractivity contribution in [1.82, 2.24) is 9.88 Å². The van der Waals surface area contributed by atoms with Crippen molar-refractivity contribution < 1.29 is 4.79 Å². The molecule has 1 aromatic heterocycles. The summed E-state index contributed by atoms with van der Waals surface area (Å²) in [6.07, 6.45) is 6.45. The van der Waals surface area contributed by atoms with Crippen LogP contribution in [0.3, 0.4) is 0 Å². The van der Waals surface area contributed by atoms with E-state index >= 15 is 0 Å². The molecule has 126 valence electrons. The summed E-state index contributed by atoms with van der Waals surface area (Å²) in [5.41, 5.74) is 2.69. The van der Waals surface area contributed by atoms with Gasteiger partial charge in [-0.25, -0.2) is 4.98 Å². The summed E-state index contributed by atoms with van der Waals surface area (Å²) in [5, 5.41) is 0. The van der Waals surface area contributed by atoms with E-state index in [1.807, 2.05) is 41.4 Å². The van der Waals surface area contributed by atoms with Gasteiger partial charge in [0.15, 0.2) is 0 Å². The second-order valence-corrected chi connectivity index (χ2v) is 6.19. The molecule has 0 N–H and O–H groups in total. The van der Waals surface area contributed by atoms with E-state index in [0.717, 1.165) is 43.9 Å². The number of pyridine rings is 1. The van der Waals surface area contributed by atoms with Gasteiger partial charge in [0.05, 0.1) is 11.9 Å². The molecule has 0 atom stereocenters. The number of nitrogens with zero attached hydrogens (tertiary/aromatic N) is 3. The summed E-state index contributed by atoms with van der Waals surface area (Å²) in [4.78, 5) is 21.2. The van der Waals surface area contributed by atoms with Gasteiger partial charge in [-0.3, -0.25) is 4.79 Å². The molecule has 3 rings (SSSR count). The Balaban J connectivity index is 1.75. The fraction of sp³-hybridized carbons (Fsp3) is 0.400. The van der Waals surface area contributed by atoms with Crippen LogP contribution in [0.25, 0.3) is 0 Å². The molecule has 1 aliphatic rings. The van der Waals surface area contributed by atoms with Gasteiger partial charge in [0.2, 0.25) is 0 Å². The summed E-state index contributed by atoms with van der Waals surface area (Å²) in [6, 6.07) is 14.1. The van der Waals surface area contributed by atoms with Crippen molar-refractivity contribution in [1.29, 1.82) is 0 Å². The molecule has 1 aromatic carbocycles. The second-order valence-electron chi connectivity index (χ2n) is 6.19. The molecule has 4 heteroatoms. The van der Waals surface area contributed by atoms with Crippen molar-refractivity contribution in [3.05, 3.63) is 54.4 Å². The number of amides is 1. The molecule has 24 heavy (non-hydrogen) atoms. The summed E-state index contributed by atoms with van der Waals surface area (Å²) in [6.45, 7) is 4.68. The van der Waals surface area contributed by atoms with Gasteiger partial charge in [0, 0.05) is 25.3 Å². The molecule has 0 saturated carbocycles. The van der Waals surface area contributed by atoms with Crippen molar-refractivity contribution in [2.75, 3.05) is 24.5 Å². The third-order valence-electron chi connectivity index (χ3n) is 4.56. The van der Waals surface area contributed by atoms with E-state index < -0.39 is 0 Å². The Labute approximate surface area is 144 Å². The van der Waals surface area contributed by atoms with Crippen LogP contribution >= 0.6 is 0 Å². The number of aromatic nitrogens is 1. The molecular weight excluding hydrogens is 298 g/mol. The summed E-state index contributed by atoms with van der Waals surface area (Å²) >= 11 is 0. The number of carbonyl (C=O) groups excluding carboxylic acids is 1. The topological polar surface area (TPSA) is 36.4 Å². The lowest BCUT2D eigenvalue weighted by Crippen LogP contribution is -2.32. The first-order valence-electron chi connectivity index (χ1n) is 8.87. The third-order valence-corrected chi connectivity index (χ3v) is 4.56. The molecule has 2 aromatic rings. The van der Waals surface area contributed by atoms with E-state index in [9.17, 15) is 4.79 Å². The maximum absolute atomic E-state index is 12.6. The van der Waals surface area contributed by atoms with Crippen molar-refractivity contribution in [2.45, 2.75) is 32.6 Å². The van der Waals surface area contributed by atoms with Crippen LogP contribution in [0, 0.1) is 0 Å². The monoisotopic (exact) mass is 323 g/mol. The Morgan fingerprint density at radius 1 is 1.00 bits per heavy atom. The Bertz CT molecular complexity index is 646. The lowest BCUT2D eigenvalue weighted by Gasteiger charge is -2.23. The lowest BCUT2D eigenvalue weighted by atomic mass is 10.2. The summed E-state index contributed by atoms with van der Waals surface area (Å²) in [7, 11) is 0. The average Bonchev–Trinajstić information content (AvgIpc) is 2.93. The minimum absolute atomic E-state index is 0.0613. The molecule has 1 saturated heterocycles. The largest absolute Gasteiger partial charge is 0.341 e. The molecule has 0 aliphatic carbocycles. The first-order chi connectivity index (χ1) is 11.8. The van der Waals surface area contributed by atoms with E-state index in [1.165, 1.54) is 12.8 Å². The van der Waals surface area contributed by atoms with E-state index in [1.54, 1.807) is 0 Å². The van der Waals surface area contributed by atoms with Gasteiger partial charge in [-0.1, -0.05) is 31.0 Å². The number of benzene rings is 1. The molecular formula is C20H25N3O. The quantitative estimate of drug-likeness (QED) is 0.843. The Hall–Kier alpha value is -2.36. The average molecular weight is 323 g/mol. The zero-order chi connectivity index (χ0) is 16.8. The van der Waals surface area contributed by atoms with Gasteiger partial charge in [-0.05, 0) is 44.0 Å². The van der Waals surface area contributed by atoms with Crippen LogP contribution < -0.4 is 4.90 Å². The summed E-state index contributed by atoms with van der Waals surface area (Å²) in [5.74, 6) is 0.0613. The number of hydrogen-bond acceptors (Lipinski definition) is 3. The highest BCUT2D eigenvalue weighted by molar-refractivity contribution is 5.92. The fourth-order valence-electron chi connectivity index (χ4n) is 3.23. The zero-order valence-electron chi connectivity index (χ0n) is 14.3. The Morgan fingerprint density at radius 2 is 1.71 bits per heavy atom. The minimum Gasteiger partial charge on any atom is -0.341 e. The maximum atomic E-state index is 12.6. The second kappa shape index (κ2) is 7.95. The highest BCUT2D eigenvalue weighted by Gasteiger charge is 2.18. The molecule has 1 fully saturated rings. The van der Waals surface area contributed by atoms with Crippen LogP contribution in [0.2, 0.25) is 0 Å². The van der Waals surface area contributed by atoms with Crippen LogP contribution in [0.5, 0.6) is 0 Å². The van der Waals surface area contributed by atoms with Crippen LogP contribution in [0.4, 0.5) is 11.4 Å². The SMILES string of the molecule is CCN(c1ccccc1)c1ccc(C(=O)N2CCCCCC2)nc1. The molecule has 0 unspecified atom stereocenters. The molecule has 0 radical (unpaired) electrons.